The Hall–Kier alpha value is -3.16. The molecule has 4 rings (SSSR count). The summed E-state index contributed by atoms with van der Waals surface area (Å²) in [7, 11) is 3.47. The number of likely N-dealkylation sites (N-methyl/N-ethyl adjacent to an activating group) is 1. The molecule has 0 unspecified atom stereocenters. The van der Waals surface area contributed by atoms with Crippen molar-refractivity contribution >= 4 is 17.4 Å². The van der Waals surface area contributed by atoms with E-state index in [1.54, 1.807) is 7.11 Å². The number of morpholine rings is 1. The molecule has 0 aliphatic carbocycles. The lowest BCUT2D eigenvalue weighted by molar-refractivity contribution is -0.137. The maximum Gasteiger partial charge on any atom is 0.277 e. The Morgan fingerprint density at radius 1 is 0.938 bits per heavy atom. The fourth-order valence-electron chi connectivity index (χ4n) is 4.14. The molecule has 2 heterocycles. The highest BCUT2D eigenvalue weighted by molar-refractivity contribution is 6.35. The molecular formula is C25H29N3O4. The summed E-state index contributed by atoms with van der Waals surface area (Å²) in [4.78, 5) is 32.4. The van der Waals surface area contributed by atoms with Crippen LogP contribution < -0.4 is 4.74 Å². The number of carbonyl (C=O) groups is 2. The maximum absolute atomic E-state index is 13.5. The summed E-state index contributed by atoms with van der Waals surface area (Å²) in [6, 6.07) is 17.2. The number of hydrogen-bond donors (Lipinski definition) is 0. The highest BCUT2D eigenvalue weighted by atomic mass is 16.5. The number of carbonyl (C=O) groups excluding carboxylic acids is 2. The predicted molar refractivity (Wildman–Crippen MR) is 122 cm³/mol. The molecule has 32 heavy (non-hydrogen) atoms. The summed E-state index contributed by atoms with van der Waals surface area (Å²) in [5, 5.41) is 0. The van der Waals surface area contributed by atoms with E-state index in [4.69, 9.17) is 9.47 Å². The molecular weight excluding hydrogens is 406 g/mol. The topological polar surface area (TPSA) is 62.3 Å². The fraction of sp³-hybridized carbons (Fsp3) is 0.360. The molecule has 168 valence electrons. The van der Waals surface area contributed by atoms with Crippen LogP contribution in [0, 0.1) is 0 Å². The molecule has 0 atom stereocenters. The smallest absolute Gasteiger partial charge is 0.277 e. The van der Waals surface area contributed by atoms with Gasteiger partial charge in [0.2, 0.25) is 0 Å². The van der Waals surface area contributed by atoms with E-state index in [0.29, 0.717) is 55.4 Å². The van der Waals surface area contributed by atoms with E-state index in [0.717, 1.165) is 18.7 Å². The summed E-state index contributed by atoms with van der Waals surface area (Å²) in [6.07, 6.45) is 0. The van der Waals surface area contributed by atoms with Crippen LogP contribution in [-0.2, 0) is 20.9 Å². The van der Waals surface area contributed by atoms with Crippen LogP contribution in [0.1, 0.15) is 11.1 Å². The number of amides is 2. The minimum atomic E-state index is -0.247. The fourth-order valence-corrected chi connectivity index (χ4v) is 4.14. The Morgan fingerprint density at radius 2 is 1.62 bits per heavy atom. The van der Waals surface area contributed by atoms with Gasteiger partial charge in [-0.05, 0) is 23.3 Å². The van der Waals surface area contributed by atoms with Crippen LogP contribution in [0.15, 0.2) is 60.3 Å². The van der Waals surface area contributed by atoms with E-state index >= 15 is 0 Å². The van der Waals surface area contributed by atoms with Crippen molar-refractivity contribution < 1.29 is 19.1 Å². The number of benzene rings is 2. The van der Waals surface area contributed by atoms with Gasteiger partial charge >= 0.3 is 0 Å². The van der Waals surface area contributed by atoms with Crippen LogP contribution in [-0.4, -0.2) is 80.1 Å². The summed E-state index contributed by atoms with van der Waals surface area (Å²) in [6.45, 7) is 4.54. The first-order chi connectivity index (χ1) is 15.6. The number of imide groups is 1. The van der Waals surface area contributed by atoms with E-state index in [1.807, 2.05) is 66.5 Å². The van der Waals surface area contributed by atoms with Crippen LogP contribution in [0.5, 0.6) is 5.75 Å². The minimum absolute atomic E-state index is 0.243. The standard InChI is InChI=1S/C25H29N3O4/c1-26(18-19-6-4-3-5-7-19)23-22(20-8-10-21(31-2)11-9-20)24(29)28(25(23)30)13-12-27-14-16-32-17-15-27/h3-11H,12-18H2,1-2H3. The normalized spacial score (nSPS) is 17.2. The Bertz CT molecular complexity index is 982. The zero-order valence-electron chi connectivity index (χ0n) is 18.6. The molecule has 2 aromatic rings. The van der Waals surface area contributed by atoms with Crippen LogP contribution >= 0.6 is 0 Å². The van der Waals surface area contributed by atoms with E-state index in [1.165, 1.54) is 4.90 Å². The van der Waals surface area contributed by atoms with Gasteiger partial charge in [0, 0.05) is 39.8 Å². The number of rotatable bonds is 8. The van der Waals surface area contributed by atoms with Gasteiger partial charge in [-0.25, -0.2) is 0 Å². The molecule has 0 aromatic heterocycles. The Balaban J connectivity index is 1.61. The zero-order valence-corrected chi connectivity index (χ0v) is 18.6. The van der Waals surface area contributed by atoms with Crippen molar-refractivity contribution in [2.75, 3.05) is 53.6 Å². The second kappa shape index (κ2) is 9.97. The summed E-state index contributed by atoms with van der Waals surface area (Å²) in [5.74, 6) is 0.213. The van der Waals surface area contributed by atoms with Gasteiger partial charge < -0.3 is 14.4 Å². The molecule has 0 bridgehead atoms. The van der Waals surface area contributed by atoms with E-state index in [2.05, 4.69) is 4.90 Å². The molecule has 2 aliphatic heterocycles. The van der Waals surface area contributed by atoms with Gasteiger partial charge in [0.05, 0.1) is 25.9 Å². The first-order valence-corrected chi connectivity index (χ1v) is 10.9. The van der Waals surface area contributed by atoms with Gasteiger partial charge in [0.1, 0.15) is 11.4 Å². The monoisotopic (exact) mass is 435 g/mol. The van der Waals surface area contributed by atoms with Crippen LogP contribution in [0.3, 0.4) is 0 Å². The summed E-state index contributed by atoms with van der Waals surface area (Å²) >= 11 is 0. The molecule has 1 fully saturated rings. The van der Waals surface area contributed by atoms with Crippen molar-refractivity contribution in [1.82, 2.24) is 14.7 Å². The van der Waals surface area contributed by atoms with Gasteiger partial charge in [-0.15, -0.1) is 0 Å². The third-order valence-corrected chi connectivity index (χ3v) is 5.91. The quantitative estimate of drug-likeness (QED) is 0.593. The van der Waals surface area contributed by atoms with Crippen LogP contribution in [0.2, 0.25) is 0 Å². The molecule has 1 saturated heterocycles. The third-order valence-electron chi connectivity index (χ3n) is 5.91. The lowest BCUT2D eigenvalue weighted by atomic mass is 10.0. The highest BCUT2D eigenvalue weighted by Crippen LogP contribution is 2.32. The molecule has 2 aromatic carbocycles. The number of methoxy groups -OCH3 is 1. The average Bonchev–Trinajstić information content (AvgIpc) is 3.08. The molecule has 0 spiro atoms. The Kier molecular flexibility index (Phi) is 6.87. The van der Waals surface area contributed by atoms with Gasteiger partial charge in [-0.2, -0.15) is 0 Å². The molecule has 2 amide bonds. The van der Waals surface area contributed by atoms with Gasteiger partial charge in [0.15, 0.2) is 0 Å². The van der Waals surface area contributed by atoms with E-state index in [9.17, 15) is 9.59 Å². The second-order valence-electron chi connectivity index (χ2n) is 8.01. The molecule has 7 nitrogen and oxygen atoms in total. The molecule has 0 saturated carbocycles. The molecule has 0 radical (unpaired) electrons. The Morgan fingerprint density at radius 3 is 2.28 bits per heavy atom. The van der Waals surface area contributed by atoms with Crippen LogP contribution in [0.25, 0.3) is 5.57 Å². The summed E-state index contributed by atoms with van der Waals surface area (Å²) in [5.41, 5.74) is 2.67. The predicted octanol–water partition coefficient (Wildman–Crippen LogP) is 2.24. The van der Waals surface area contributed by atoms with Crippen molar-refractivity contribution in [3.05, 3.63) is 71.4 Å². The Labute approximate surface area is 188 Å². The van der Waals surface area contributed by atoms with E-state index < -0.39 is 0 Å². The first-order valence-electron chi connectivity index (χ1n) is 10.9. The lowest BCUT2D eigenvalue weighted by Gasteiger charge is -2.28. The van der Waals surface area contributed by atoms with E-state index in [-0.39, 0.29) is 11.8 Å². The van der Waals surface area contributed by atoms with Crippen LogP contribution in [0.4, 0.5) is 0 Å². The minimum Gasteiger partial charge on any atom is -0.497 e. The number of hydrogen-bond acceptors (Lipinski definition) is 6. The van der Waals surface area contributed by atoms with Crippen molar-refractivity contribution in [1.29, 1.82) is 0 Å². The van der Waals surface area contributed by atoms with Gasteiger partial charge in [-0.3, -0.25) is 19.4 Å². The number of nitrogens with zero attached hydrogens (tertiary/aromatic N) is 3. The largest absolute Gasteiger partial charge is 0.497 e. The zero-order chi connectivity index (χ0) is 22.5. The molecule has 0 N–H and O–H groups in total. The maximum atomic E-state index is 13.5. The van der Waals surface area contributed by atoms with Crippen molar-refractivity contribution in [3.8, 4) is 5.75 Å². The molecule has 2 aliphatic rings. The second-order valence-corrected chi connectivity index (χ2v) is 8.01. The van der Waals surface area contributed by atoms with Crippen molar-refractivity contribution in [2.24, 2.45) is 0 Å². The molecule has 7 heteroatoms. The van der Waals surface area contributed by atoms with Gasteiger partial charge in [-0.1, -0.05) is 42.5 Å². The van der Waals surface area contributed by atoms with Crippen molar-refractivity contribution in [2.45, 2.75) is 6.54 Å². The first kappa shape index (κ1) is 22.0. The highest BCUT2D eigenvalue weighted by Gasteiger charge is 2.40. The van der Waals surface area contributed by atoms with Crippen molar-refractivity contribution in [3.63, 3.8) is 0 Å². The lowest BCUT2D eigenvalue weighted by Crippen LogP contribution is -2.43. The number of ether oxygens (including phenoxy) is 2. The third kappa shape index (κ3) is 4.69. The van der Waals surface area contributed by atoms with Gasteiger partial charge in [0.25, 0.3) is 11.8 Å². The summed E-state index contributed by atoms with van der Waals surface area (Å²) < 4.78 is 10.7. The average molecular weight is 436 g/mol. The SMILES string of the molecule is COc1ccc(C2=C(N(C)Cc3ccccc3)C(=O)N(CCN3CCOCC3)C2=O)cc1.